The van der Waals surface area contributed by atoms with Crippen LogP contribution >= 0.6 is 11.6 Å². The van der Waals surface area contributed by atoms with E-state index < -0.39 is 6.61 Å². The molecule has 2 aliphatic carbocycles. The minimum absolute atomic E-state index is 0.253. The van der Waals surface area contributed by atoms with Crippen LogP contribution in [0.2, 0.25) is 5.02 Å². The van der Waals surface area contributed by atoms with Crippen molar-refractivity contribution in [1.82, 2.24) is 0 Å². The number of methoxy groups -OCH3 is 1. The molecule has 0 saturated heterocycles. The molecular formula is C25H37ClF2O2. The molecule has 1 aromatic carbocycles. The largest absolute Gasteiger partial charge is 0.434 e. The lowest BCUT2D eigenvalue weighted by atomic mass is 9.74. The Morgan fingerprint density at radius 3 is 2.03 bits per heavy atom. The minimum atomic E-state index is -2.81. The molecule has 0 aromatic heterocycles. The Kier molecular flexibility index (Phi) is 9.70. The van der Waals surface area contributed by atoms with Crippen molar-refractivity contribution in [3.05, 3.63) is 28.8 Å². The van der Waals surface area contributed by atoms with E-state index in [0.29, 0.717) is 10.9 Å². The molecule has 0 N–H and O–H groups in total. The lowest BCUT2D eigenvalue weighted by molar-refractivity contribution is -0.0507. The molecule has 0 amide bonds. The number of hydrogen-bond donors (Lipinski definition) is 0. The summed E-state index contributed by atoms with van der Waals surface area (Å²) in [5.74, 6) is 3.16. The van der Waals surface area contributed by atoms with E-state index >= 15 is 0 Å². The fourth-order valence-corrected chi connectivity index (χ4v) is 5.76. The smallest absolute Gasteiger partial charge is 0.387 e. The summed E-state index contributed by atoms with van der Waals surface area (Å²) in [6.07, 6.45) is 15.3. The molecule has 0 spiro atoms. The maximum absolute atomic E-state index is 12.8. The van der Waals surface area contributed by atoms with Gasteiger partial charge in [0, 0.05) is 18.7 Å². The Bertz CT molecular complexity index is 624. The van der Waals surface area contributed by atoms with E-state index in [-0.39, 0.29) is 5.75 Å². The Balaban J connectivity index is 1.39. The van der Waals surface area contributed by atoms with Crippen LogP contribution in [0.4, 0.5) is 8.78 Å². The van der Waals surface area contributed by atoms with Crippen LogP contribution < -0.4 is 4.74 Å². The van der Waals surface area contributed by atoms with Crippen molar-refractivity contribution in [3.8, 4) is 5.75 Å². The lowest BCUT2D eigenvalue weighted by Crippen LogP contribution is -2.18. The van der Waals surface area contributed by atoms with Crippen LogP contribution in [-0.2, 0) is 4.74 Å². The molecule has 0 aliphatic heterocycles. The van der Waals surface area contributed by atoms with Crippen LogP contribution in [-0.4, -0.2) is 20.3 Å². The molecule has 1 aromatic rings. The second-order valence-corrected chi connectivity index (χ2v) is 9.81. The summed E-state index contributed by atoms with van der Waals surface area (Å²) in [6.45, 7) is -1.91. The highest BCUT2D eigenvalue weighted by atomic mass is 35.5. The van der Waals surface area contributed by atoms with Gasteiger partial charge in [0.1, 0.15) is 5.75 Å². The van der Waals surface area contributed by atoms with Crippen molar-refractivity contribution < 1.29 is 18.3 Å². The van der Waals surface area contributed by atoms with Gasteiger partial charge in [-0.15, -0.1) is 0 Å². The summed E-state index contributed by atoms with van der Waals surface area (Å²) < 4.78 is 35.5. The van der Waals surface area contributed by atoms with Crippen LogP contribution in [0.25, 0.3) is 0 Å². The Labute approximate surface area is 185 Å². The average Bonchev–Trinajstić information content (AvgIpc) is 2.74. The Morgan fingerprint density at radius 2 is 1.47 bits per heavy atom. The molecule has 30 heavy (non-hydrogen) atoms. The van der Waals surface area contributed by atoms with E-state index in [1.165, 1.54) is 70.3 Å². The topological polar surface area (TPSA) is 18.5 Å². The SMILES string of the molecule is COCCCC1CCC(CCC2CCC(c3ccc(Cl)cc3OC(F)F)CC2)CC1. The second-order valence-electron chi connectivity index (χ2n) is 9.38. The number of benzene rings is 1. The van der Waals surface area contributed by atoms with Gasteiger partial charge in [-0.05, 0) is 79.9 Å². The van der Waals surface area contributed by atoms with Crippen molar-refractivity contribution in [2.75, 3.05) is 13.7 Å². The van der Waals surface area contributed by atoms with Crippen molar-refractivity contribution in [1.29, 1.82) is 0 Å². The van der Waals surface area contributed by atoms with Crippen molar-refractivity contribution in [3.63, 3.8) is 0 Å². The van der Waals surface area contributed by atoms with Crippen molar-refractivity contribution in [2.45, 2.75) is 89.6 Å². The predicted octanol–water partition coefficient (Wildman–Crippen LogP) is 8.23. The number of rotatable bonds is 10. The van der Waals surface area contributed by atoms with Crippen LogP contribution in [0.3, 0.4) is 0 Å². The predicted molar refractivity (Wildman–Crippen MR) is 119 cm³/mol. The molecule has 5 heteroatoms. The van der Waals surface area contributed by atoms with Crippen molar-refractivity contribution >= 4 is 11.6 Å². The summed E-state index contributed by atoms with van der Waals surface area (Å²) in [4.78, 5) is 0. The summed E-state index contributed by atoms with van der Waals surface area (Å²) in [5.41, 5.74) is 0.893. The molecule has 0 bridgehead atoms. The highest BCUT2D eigenvalue weighted by Crippen LogP contribution is 2.43. The first-order chi connectivity index (χ1) is 14.5. The zero-order valence-corrected chi connectivity index (χ0v) is 19.0. The molecule has 2 nitrogen and oxygen atoms in total. The first-order valence-electron chi connectivity index (χ1n) is 11.8. The maximum atomic E-state index is 12.8. The quantitative estimate of drug-likeness (QED) is 0.339. The Hall–Kier alpha value is -0.870. The van der Waals surface area contributed by atoms with Gasteiger partial charge >= 0.3 is 6.61 Å². The minimum Gasteiger partial charge on any atom is -0.434 e. The zero-order valence-electron chi connectivity index (χ0n) is 18.3. The highest BCUT2D eigenvalue weighted by molar-refractivity contribution is 6.30. The van der Waals surface area contributed by atoms with Gasteiger partial charge in [-0.3, -0.25) is 0 Å². The van der Waals surface area contributed by atoms with E-state index in [2.05, 4.69) is 0 Å². The maximum Gasteiger partial charge on any atom is 0.387 e. The van der Waals surface area contributed by atoms with Crippen LogP contribution in [0.1, 0.15) is 88.5 Å². The molecule has 2 fully saturated rings. The highest BCUT2D eigenvalue weighted by Gasteiger charge is 2.27. The molecular weight excluding hydrogens is 406 g/mol. The van der Waals surface area contributed by atoms with Crippen LogP contribution in [0.5, 0.6) is 5.75 Å². The second kappa shape index (κ2) is 12.2. The average molecular weight is 443 g/mol. The van der Waals surface area contributed by atoms with Crippen LogP contribution in [0, 0.1) is 17.8 Å². The van der Waals surface area contributed by atoms with E-state index in [1.54, 1.807) is 13.2 Å². The lowest BCUT2D eigenvalue weighted by Gasteiger charge is -2.32. The standard InChI is InChI=1S/C25H37ClF2O2/c1-29-16-2-3-18-4-6-19(7-5-18)8-9-20-10-12-21(13-11-20)23-15-14-22(26)17-24(23)30-25(27)28/h14-15,17-21,25H,2-13,16H2,1H3. The van der Waals surface area contributed by atoms with E-state index in [9.17, 15) is 8.78 Å². The third-order valence-corrected chi connectivity index (χ3v) is 7.62. The third kappa shape index (κ3) is 7.37. The molecule has 170 valence electrons. The van der Waals surface area contributed by atoms with Gasteiger partial charge in [0.2, 0.25) is 0 Å². The molecule has 0 heterocycles. The van der Waals surface area contributed by atoms with Gasteiger partial charge < -0.3 is 9.47 Å². The molecule has 2 saturated carbocycles. The number of halogens is 3. The summed E-state index contributed by atoms with van der Waals surface area (Å²) in [5, 5.41) is 0.441. The van der Waals surface area contributed by atoms with E-state index in [1.807, 2.05) is 6.07 Å². The number of alkyl halides is 2. The molecule has 0 radical (unpaired) electrons. The first-order valence-corrected chi connectivity index (χ1v) is 12.2. The fraction of sp³-hybridized carbons (Fsp3) is 0.760. The number of ether oxygens (including phenoxy) is 2. The van der Waals surface area contributed by atoms with Gasteiger partial charge in [0.05, 0.1) is 0 Å². The summed E-state index contributed by atoms with van der Waals surface area (Å²) in [6, 6.07) is 5.18. The zero-order chi connectivity index (χ0) is 21.3. The summed E-state index contributed by atoms with van der Waals surface area (Å²) >= 11 is 5.99. The molecule has 0 unspecified atom stereocenters. The third-order valence-electron chi connectivity index (χ3n) is 7.39. The molecule has 2 aliphatic rings. The Morgan fingerprint density at radius 1 is 0.900 bits per heavy atom. The van der Waals surface area contributed by atoms with E-state index in [0.717, 1.165) is 42.8 Å². The first kappa shape index (κ1) is 23.8. The molecule has 3 rings (SSSR count). The van der Waals surface area contributed by atoms with Crippen LogP contribution in [0.15, 0.2) is 18.2 Å². The normalized spacial score (nSPS) is 27.4. The summed E-state index contributed by atoms with van der Waals surface area (Å²) in [7, 11) is 1.79. The fourth-order valence-electron chi connectivity index (χ4n) is 5.60. The van der Waals surface area contributed by atoms with Gasteiger partial charge in [-0.1, -0.05) is 56.2 Å². The number of hydrogen-bond acceptors (Lipinski definition) is 2. The van der Waals surface area contributed by atoms with Gasteiger partial charge in [-0.25, -0.2) is 0 Å². The van der Waals surface area contributed by atoms with Gasteiger partial charge in [-0.2, -0.15) is 8.78 Å². The van der Waals surface area contributed by atoms with Crippen molar-refractivity contribution in [2.24, 2.45) is 17.8 Å². The van der Waals surface area contributed by atoms with E-state index in [4.69, 9.17) is 21.1 Å². The molecule has 0 atom stereocenters. The van der Waals surface area contributed by atoms with Gasteiger partial charge in [0.25, 0.3) is 0 Å². The monoisotopic (exact) mass is 442 g/mol. The van der Waals surface area contributed by atoms with Gasteiger partial charge in [0.15, 0.2) is 0 Å².